The van der Waals surface area contributed by atoms with Crippen molar-refractivity contribution >= 4 is 17.7 Å². The molecule has 0 bridgehead atoms. The molecule has 0 saturated carbocycles. The monoisotopic (exact) mass is 420 g/mol. The van der Waals surface area contributed by atoms with E-state index in [9.17, 15) is 10.1 Å². The Balaban J connectivity index is 1.74. The van der Waals surface area contributed by atoms with E-state index in [2.05, 4.69) is 6.07 Å². The van der Waals surface area contributed by atoms with E-state index in [1.807, 2.05) is 34.5 Å². The second kappa shape index (κ2) is 9.59. The first-order valence-corrected chi connectivity index (χ1v) is 9.67. The zero-order chi connectivity index (χ0) is 22.4. The molecule has 1 aliphatic heterocycles. The van der Waals surface area contributed by atoms with Crippen molar-refractivity contribution in [1.82, 2.24) is 5.32 Å². The van der Waals surface area contributed by atoms with E-state index in [4.69, 9.17) is 21.1 Å². The molecule has 0 unspecified atom stereocenters. The summed E-state index contributed by atoms with van der Waals surface area (Å²) in [5.41, 5.74) is 7.28. The number of benzene rings is 2. The third kappa shape index (κ3) is 5.09. The topological polar surface area (TPSA) is 139 Å². The number of carbonyl (C=O) groups excluding carboxylic acids is 1. The van der Waals surface area contributed by atoms with Gasteiger partial charge in [0.05, 0.1) is 22.9 Å². The van der Waals surface area contributed by atoms with Gasteiger partial charge in [-0.3, -0.25) is 10.7 Å². The minimum atomic E-state index is -0.960. The largest absolute Gasteiger partial charge is 0.444 e. The van der Waals surface area contributed by atoms with Crippen molar-refractivity contribution in [2.75, 3.05) is 18.0 Å². The Morgan fingerprint density at radius 1 is 1.26 bits per heavy atom. The average Bonchev–Trinajstić information content (AvgIpc) is 2.77. The van der Waals surface area contributed by atoms with Crippen molar-refractivity contribution in [3.8, 4) is 12.1 Å². The molecule has 0 atom stereocenters. The van der Waals surface area contributed by atoms with Crippen molar-refractivity contribution < 1.29 is 13.9 Å². The van der Waals surface area contributed by atoms with Gasteiger partial charge in [-0.1, -0.05) is 18.2 Å². The summed E-state index contributed by atoms with van der Waals surface area (Å²) in [6.45, 7) is 0.728. The van der Waals surface area contributed by atoms with Gasteiger partial charge < -0.3 is 15.4 Å². The van der Waals surface area contributed by atoms with E-state index in [-0.39, 0.29) is 29.3 Å². The first kappa shape index (κ1) is 21.6. The molecule has 0 aromatic heterocycles. The average molecular weight is 420 g/mol. The van der Waals surface area contributed by atoms with Crippen LogP contribution in [0.4, 0.5) is 14.9 Å². The predicted molar refractivity (Wildman–Crippen MR) is 112 cm³/mol. The van der Waals surface area contributed by atoms with Crippen molar-refractivity contribution in [3.05, 3.63) is 64.5 Å². The van der Waals surface area contributed by atoms with Crippen molar-refractivity contribution in [3.63, 3.8) is 0 Å². The zero-order valence-electron chi connectivity index (χ0n) is 16.7. The predicted octanol–water partition coefficient (Wildman–Crippen LogP) is 3.07. The number of rotatable bonds is 4. The summed E-state index contributed by atoms with van der Waals surface area (Å²) in [5.74, 6) is -0.936. The molecule has 1 amide bonds. The zero-order valence-corrected chi connectivity index (χ0v) is 16.7. The van der Waals surface area contributed by atoms with Gasteiger partial charge in [-0.15, -0.1) is 0 Å². The van der Waals surface area contributed by atoms with Crippen LogP contribution in [0.1, 0.15) is 41.0 Å². The number of nitrogens with one attached hydrogen (secondary N) is 2. The van der Waals surface area contributed by atoms with Crippen molar-refractivity contribution in [2.45, 2.75) is 25.4 Å². The van der Waals surface area contributed by atoms with Crippen molar-refractivity contribution in [2.24, 2.45) is 5.73 Å². The standard InChI is InChI=1S/C22H21FN6O2/c23-19-18(13-31-22(30)28-21(26)27)5-4-17(12-25)20(19)29-8-6-15(7-9-29)16-3-1-2-14(10-16)11-24/h1-5,10,15H,6-9,13H2,(H4,26,27,28,30). The highest BCUT2D eigenvalue weighted by atomic mass is 19.1. The number of anilines is 1. The number of nitrogens with two attached hydrogens (primary N) is 1. The molecule has 1 saturated heterocycles. The molecule has 8 nitrogen and oxygen atoms in total. The summed E-state index contributed by atoms with van der Waals surface area (Å²) in [5, 5.41) is 27.5. The van der Waals surface area contributed by atoms with Crippen LogP contribution < -0.4 is 16.0 Å². The molecule has 0 aliphatic carbocycles. The highest BCUT2D eigenvalue weighted by Crippen LogP contribution is 2.34. The molecular weight excluding hydrogens is 399 g/mol. The lowest BCUT2D eigenvalue weighted by molar-refractivity contribution is 0.143. The number of nitrogens with zero attached hydrogens (tertiary/aromatic N) is 3. The van der Waals surface area contributed by atoms with Crippen LogP contribution in [0.2, 0.25) is 0 Å². The number of alkyl carbamates (subject to hydrolysis) is 1. The molecule has 2 aromatic rings. The molecule has 2 aromatic carbocycles. The lowest BCUT2D eigenvalue weighted by Crippen LogP contribution is -2.36. The maximum absolute atomic E-state index is 15.2. The fourth-order valence-electron chi connectivity index (χ4n) is 3.71. The highest BCUT2D eigenvalue weighted by Gasteiger charge is 2.26. The van der Waals surface area contributed by atoms with Crippen LogP contribution in [-0.2, 0) is 11.3 Å². The molecule has 0 radical (unpaired) electrons. The molecule has 158 valence electrons. The summed E-state index contributed by atoms with van der Waals surface area (Å²) in [6.07, 6.45) is 0.542. The first-order valence-electron chi connectivity index (χ1n) is 9.67. The van der Waals surface area contributed by atoms with E-state index < -0.39 is 17.9 Å². The van der Waals surface area contributed by atoms with Gasteiger partial charge in [0.25, 0.3) is 0 Å². The number of hydrogen-bond acceptors (Lipinski definition) is 6. The number of halogens is 1. The van der Waals surface area contributed by atoms with E-state index in [0.717, 1.165) is 18.4 Å². The lowest BCUT2D eigenvalue weighted by atomic mass is 9.88. The maximum Gasteiger partial charge on any atom is 0.414 e. The minimum absolute atomic E-state index is 0.122. The second-order valence-electron chi connectivity index (χ2n) is 7.16. The number of amides is 1. The third-order valence-corrected chi connectivity index (χ3v) is 5.21. The normalized spacial score (nSPS) is 13.7. The Morgan fingerprint density at radius 2 is 2.00 bits per heavy atom. The summed E-state index contributed by atoms with van der Waals surface area (Å²) >= 11 is 0. The van der Waals surface area contributed by atoms with Crippen LogP contribution in [0.5, 0.6) is 0 Å². The summed E-state index contributed by atoms with van der Waals surface area (Å²) in [7, 11) is 0. The smallest absolute Gasteiger partial charge is 0.414 e. The Kier molecular flexibility index (Phi) is 6.68. The van der Waals surface area contributed by atoms with Crippen LogP contribution in [0.3, 0.4) is 0 Å². The van der Waals surface area contributed by atoms with Gasteiger partial charge in [0, 0.05) is 18.7 Å². The molecule has 3 rings (SSSR count). The highest BCUT2D eigenvalue weighted by molar-refractivity contribution is 5.90. The molecule has 0 spiro atoms. The first-order chi connectivity index (χ1) is 14.9. The molecule has 4 N–H and O–H groups in total. The van der Waals surface area contributed by atoms with Crippen LogP contribution >= 0.6 is 0 Å². The van der Waals surface area contributed by atoms with Gasteiger partial charge in [-0.25, -0.2) is 9.18 Å². The van der Waals surface area contributed by atoms with Crippen LogP contribution in [-0.4, -0.2) is 25.1 Å². The van der Waals surface area contributed by atoms with Crippen molar-refractivity contribution in [1.29, 1.82) is 15.9 Å². The summed E-state index contributed by atoms with van der Waals surface area (Å²) in [4.78, 5) is 13.3. The van der Waals surface area contributed by atoms with Gasteiger partial charge in [-0.05, 0) is 42.5 Å². The van der Waals surface area contributed by atoms with E-state index in [1.165, 1.54) is 12.1 Å². The minimum Gasteiger partial charge on any atom is -0.444 e. The number of hydrogen-bond donors (Lipinski definition) is 3. The Morgan fingerprint density at radius 3 is 2.65 bits per heavy atom. The van der Waals surface area contributed by atoms with Gasteiger partial charge in [-0.2, -0.15) is 10.5 Å². The quantitative estimate of drug-likeness (QED) is 0.513. The lowest BCUT2D eigenvalue weighted by Gasteiger charge is -2.34. The second-order valence-corrected chi connectivity index (χ2v) is 7.16. The number of ether oxygens (including phenoxy) is 1. The molecule has 1 aliphatic rings. The molecule has 1 heterocycles. The fourth-order valence-corrected chi connectivity index (χ4v) is 3.71. The van der Waals surface area contributed by atoms with E-state index >= 15 is 4.39 Å². The Labute approximate surface area is 179 Å². The number of guanidine groups is 1. The Bertz CT molecular complexity index is 1080. The Hall–Kier alpha value is -4.11. The van der Waals surface area contributed by atoms with Gasteiger partial charge in [0.15, 0.2) is 11.8 Å². The summed E-state index contributed by atoms with van der Waals surface area (Å²) in [6, 6.07) is 14.6. The van der Waals surface area contributed by atoms with Gasteiger partial charge in [0.1, 0.15) is 12.7 Å². The van der Waals surface area contributed by atoms with Crippen LogP contribution in [0.15, 0.2) is 36.4 Å². The SMILES string of the molecule is N#Cc1cccc(C2CCN(c3c(C#N)ccc(COC(=O)NC(=N)N)c3F)CC2)c1. The number of nitriles is 2. The molecular formula is C22H21FN6O2. The van der Waals surface area contributed by atoms with Crippen LogP contribution in [0.25, 0.3) is 0 Å². The number of piperidine rings is 1. The fraction of sp³-hybridized carbons (Fsp3) is 0.273. The van der Waals surface area contributed by atoms with Gasteiger partial charge in [0.2, 0.25) is 0 Å². The third-order valence-electron chi connectivity index (χ3n) is 5.21. The molecule has 1 fully saturated rings. The molecule has 31 heavy (non-hydrogen) atoms. The van der Waals surface area contributed by atoms with Crippen LogP contribution in [0, 0.1) is 33.9 Å². The van der Waals surface area contributed by atoms with Gasteiger partial charge >= 0.3 is 6.09 Å². The van der Waals surface area contributed by atoms with E-state index in [1.54, 1.807) is 6.07 Å². The number of carbonyl (C=O) groups is 1. The van der Waals surface area contributed by atoms with E-state index in [0.29, 0.717) is 18.7 Å². The molecule has 9 heteroatoms. The summed E-state index contributed by atoms with van der Waals surface area (Å²) < 4.78 is 20.1. The maximum atomic E-state index is 15.2.